The number of carbonyl (C=O) groups excluding carboxylic acids is 1. The van der Waals surface area contributed by atoms with Crippen LogP contribution in [0.5, 0.6) is 5.75 Å². The Morgan fingerprint density at radius 1 is 1.21 bits per heavy atom. The van der Waals surface area contributed by atoms with Crippen LogP contribution in [0.25, 0.3) is 0 Å². The van der Waals surface area contributed by atoms with Gasteiger partial charge in [0.2, 0.25) is 0 Å². The Bertz CT molecular complexity index is 633. The first-order chi connectivity index (χ1) is 11.7. The molecule has 0 aromatic heterocycles. The predicted molar refractivity (Wildman–Crippen MR) is 93.4 cm³/mol. The number of methoxy groups -OCH3 is 1. The van der Waals surface area contributed by atoms with Gasteiger partial charge in [0.1, 0.15) is 5.75 Å². The molecule has 130 valence electrons. The number of hydrogen-bond acceptors (Lipinski definition) is 3. The zero-order valence-corrected chi connectivity index (χ0v) is 14.6. The summed E-state index contributed by atoms with van der Waals surface area (Å²) in [7, 11) is 3.92. The number of nitrogens with one attached hydrogen (secondary N) is 1. The highest BCUT2D eigenvalue weighted by molar-refractivity contribution is 5.75. The number of hydrogen-bond donors (Lipinski definition) is 1. The summed E-state index contributed by atoms with van der Waals surface area (Å²) in [6.45, 7) is 1.73. The molecule has 4 rings (SSSR count). The van der Waals surface area contributed by atoms with Crippen LogP contribution in [-0.4, -0.2) is 55.2 Å². The summed E-state index contributed by atoms with van der Waals surface area (Å²) < 4.78 is 5.46. The second-order valence-electron chi connectivity index (χ2n) is 7.35. The lowest BCUT2D eigenvalue weighted by atomic mass is 10.1. The van der Waals surface area contributed by atoms with Crippen LogP contribution < -0.4 is 10.1 Å². The van der Waals surface area contributed by atoms with Gasteiger partial charge in [0, 0.05) is 25.2 Å². The summed E-state index contributed by atoms with van der Waals surface area (Å²) >= 11 is 0. The number of likely N-dealkylation sites (N-methyl/N-ethyl adjacent to an activating group) is 1. The third-order valence-corrected chi connectivity index (χ3v) is 6.18. The first-order valence-corrected chi connectivity index (χ1v) is 9.10. The average Bonchev–Trinajstić information content (AvgIpc) is 3.08. The zero-order valence-electron chi connectivity index (χ0n) is 14.6. The lowest BCUT2D eigenvalue weighted by molar-refractivity contribution is 0.184. The molecule has 1 aromatic rings. The minimum absolute atomic E-state index is 0.0941. The van der Waals surface area contributed by atoms with Crippen molar-refractivity contribution in [2.75, 3.05) is 27.2 Å². The number of carbonyl (C=O) groups is 1. The van der Waals surface area contributed by atoms with E-state index in [-0.39, 0.29) is 12.1 Å². The lowest BCUT2D eigenvalue weighted by Crippen LogP contribution is -2.45. The normalized spacial score (nSPS) is 29.2. The summed E-state index contributed by atoms with van der Waals surface area (Å²) in [5.41, 5.74) is 2.47. The molecule has 0 unspecified atom stereocenters. The van der Waals surface area contributed by atoms with Crippen LogP contribution in [0, 0.1) is 0 Å². The minimum Gasteiger partial charge on any atom is -0.496 e. The Balaban J connectivity index is 1.45. The van der Waals surface area contributed by atoms with Crippen molar-refractivity contribution < 1.29 is 9.53 Å². The number of rotatable bonds is 2. The Morgan fingerprint density at radius 3 is 2.88 bits per heavy atom. The van der Waals surface area contributed by atoms with Gasteiger partial charge in [-0.15, -0.1) is 0 Å². The van der Waals surface area contributed by atoms with Gasteiger partial charge >= 0.3 is 6.03 Å². The van der Waals surface area contributed by atoms with E-state index in [0.29, 0.717) is 12.1 Å². The number of urea groups is 1. The first kappa shape index (κ1) is 15.8. The number of amides is 2. The van der Waals surface area contributed by atoms with Gasteiger partial charge in [-0.1, -0.05) is 12.1 Å². The Kier molecular flexibility index (Phi) is 4.12. The lowest BCUT2D eigenvalue weighted by Gasteiger charge is -2.27. The molecular weight excluding hydrogens is 302 g/mol. The number of ether oxygens (including phenoxy) is 1. The summed E-state index contributed by atoms with van der Waals surface area (Å²) in [6.07, 6.45) is 5.52. The molecule has 5 nitrogen and oxygen atoms in total. The molecule has 2 heterocycles. The second-order valence-corrected chi connectivity index (χ2v) is 7.35. The summed E-state index contributed by atoms with van der Waals surface area (Å²) in [5, 5.41) is 3.27. The highest BCUT2D eigenvalue weighted by Gasteiger charge is 2.36. The van der Waals surface area contributed by atoms with E-state index in [1.807, 2.05) is 17.0 Å². The van der Waals surface area contributed by atoms with E-state index in [0.717, 1.165) is 38.1 Å². The van der Waals surface area contributed by atoms with E-state index in [9.17, 15) is 4.79 Å². The van der Waals surface area contributed by atoms with E-state index in [2.05, 4.69) is 23.3 Å². The third-order valence-electron chi connectivity index (χ3n) is 6.18. The van der Waals surface area contributed by atoms with E-state index >= 15 is 0 Å². The molecule has 1 aromatic carbocycles. The first-order valence-electron chi connectivity index (χ1n) is 9.10. The standard InChI is InChI=1S/C19H27N3O2/c1-21-13-6-7-14(21)12-22(11-10-13)19(23)20-17-9-8-16-15(17)4-3-5-18(16)24-2/h3-5,13-14,17H,6-12H2,1-2H3,(H,20,23)/t13-,14+,17+/m1/s1. The molecule has 2 amide bonds. The Morgan fingerprint density at radius 2 is 2.04 bits per heavy atom. The molecule has 2 aliphatic heterocycles. The maximum Gasteiger partial charge on any atom is 0.317 e. The van der Waals surface area contributed by atoms with Gasteiger partial charge in [0.15, 0.2) is 0 Å². The van der Waals surface area contributed by atoms with E-state index < -0.39 is 0 Å². The smallest absolute Gasteiger partial charge is 0.317 e. The second kappa shape index (κ2) is 6.28. The van der Waals surface area contributed by atoms with Gasteiger partial charge in [-0.3, -0.25) is 4.90 Å². The SMILES string of the molecule is COc1cccc2c1CC[C@@H]2NC(=O)N1CC[C@H]2CC[C@@H](C1)N2C. The maximum absolute atomic E-state index is 12.8. The molecular formula is C19H27N3O2. The molecule has 1 N–H and O–H groups in total. The quantitative estimate of drug-likeness (QED) is 0.907. The molecule has 24 heavy (non-hydrogen) atoms. The van der Waals surface area contributed by atoms with Crippen LogP contribution in [0.3, 0.4) is 0 Å². The molecule has 2 bridgehead atoms. The highest BCUT2D eigenvalue weighted by Crippen LogP contribution is 2.37. The molecule has 3 atom stereocenters. The van der Waals surface area contributed by atoms with Crippen LogP contribution >= 0.6 is 0 Å². The van der Waals surface area contributed by atoms with Crippen molar-refractivity contribution in [1.82, 2.24) is 15.1 Å². The van der Waals surface area contributed by atoms with E-state index in [1.165, 1.54) is 24.0 Å². The van der Waals surface area contributed by atoms with Gasteiger partial charge in [-0.25, -0.2) is 4.79 Å². The van der Waals surface area contributed by atoms with Crippen molar-refractivity contribution >= 4 is 6.03 Å². The third kappa shape index (κ3) is 2.65. The molecule has 0 saturated carbocycles. The van der Waals surface area contributed by atoms with Crippen LogP contribution in [-0.2, 0) is 6.42 Å². The summed E-state index contributed by atoms with van der Waals surface area (Å²) in [6, 6.07) is 7.53. The minimum atomic E-state index is 0.0941. The van der Waals surface area contributed by atoms with Crippen LogP contribution in [0.1, 0.15) is 42.9 Å². The predicted octanol–water partition coefficient (Wildman–Crippen LogP) is 2.56. The van der Waals surface area contributed by atoms with Crippen molar-refractivity contribution in [2.24, 2.45) is 0 Å². The number of benzene rings is 1. The maximum atomic E-state index is 12.8. The van der Waals surface area contributed by atoms with Crippen molar-refractivity contribution in [2.45, 2.75) is 50.2 Å². The summed E-state index contributed by atoms with van der Waals surface area (Å²) in [5.74, 6) is 0.943. The van der Waals surface area contributed by atoms with Crippen LogP contribution in [0.2, 0.25) is 0 Å². The molecule has 2 saturated heterocycles. The fourth-order valence-electron chi connectivity index (χ4n) is 4.70. The monoisotopic (exact) mass is 329 g/mol. The molecule has 2 fully saturated rings. The van der Waals surface area contributed by atoms with Gasteiger partial charge in [0.25, 0.3) is 0 Å². The molecule has 1 aliphatic carbocycles. The molecule has 0 radical (unpaired) electrons. The van der Waals surface area contributed by atoms with Crippen molar-refractivity contribution in [3.05, 3.63) is 29.3 Å². The fourth-order valence-corrected chi connectivity index (χ4v) is 4.70. The average molecular weight is 329 g/mol. The van der Waals surface area contributed by atoms with Crippen molar-refractivity contribution in [3.63, 3.8) is 0 Å². The van der Waals surface area contributed by atoms with Gasteiger partial charge < -0.3 is 15.0 Å². The fraction of sp³-hybridized carbons (Fsp3) is 0.632. The van der Waals surface area contributed by atoms with Crippen molar-refractivity contribution in [1.29, 1.82) is 0 Å². The number of fused-ring (bicyclic) bond motifs is 3. The molecule has 0 spiro atoms. The number of likely N-dealkylation sites (tertiary alicyclic amines) is 1. The topological polar surface area (TPSA) is 44.8 Å². The highest BCUT2D eigenvalue weighted by atomic mass is 16.5. The summed E-state index contributed by atoms with van der Waals surface area (Å²) in [4.78, 5) is 17.3. The zero-order chi connectivity index (χ0) is 16.7. The molecule has 5 heteroatoms. The van der Waals surface area contributed by atoms with Gasteiger partial charge in [-0.2, -0.15) is 0 Å². The van der Waals surface area contributed by atoms with Crippen LogP contribution in [0.4, 0.5) is 4.79 Å². The van der Waals surface area contributed by atoms with Crippen LogP contribution in [0.15, 0.2) is 18.2 Å². The Labute approximate surface area is 144 Å². The number of nitrogens with zero attached hydrogens (tertiary/aromatic N) is 2. The van der Waals surface area contributed by atoms with Gasteiger partial charge in [-0.05, 0) is 56.3 Å². The largest absolute Gasteiger partial charge is 0.496 e. The van der Waals surface area contributed by atoms with Crippen molar-refractivity contribution in [3.8, 4) is 5.75 Å². The molecule has 3 aliphatic rings. The Hall–Kier alpha value is -1.75. The van der Waals surface area contributed by atoms with E-state index in [4.69, 9.17) is 4.74 Å². The van der Waals surface area contributed by atoms with Gasteiger partial charge in [0.05, 0.1) is 13.2 Å². The van der Waals surface area contributed by atoms with E-state index in [1.54, 1.807) is 7.11 Å².